The maximum atomic E-state index is 11.4. The van der Waals surface area contributed by atoms with Gasteiger partial charge >= 0.3 is 6.03 Å². The van der Waals surface area contributed by atoms with Crippen LogP contribution >= 0.6 is 0 Å². The third-order valence-electron chi connectivity index (χ3n) is 3.30. The van der Waals surface area contributed by atoms with Crippen LogP contribution < -0.4 is 15.4 Å². The number of anilines is 1. The molecule has 0 spiro atoms. The Balaban J connectivity index is 1.85. The van der Waals surface area contributed by atoms with Crippen LogP contribution in [0.2, 0.25) is 0 Å². The minimum absolute atomic E-state index is 0.177. The van der Waals surface area contributed by atoms with E-state index < -0.39 is 0 Å². The lowest BCUT2D eigenvalue weighted by Crippen LogP contribution is -2.28. The smallest absolute Gasteiger partial charge is 0.319 e. The van der Waals surface area contributed by atoms with E-state index in [9.17, 15) is 4.79 Å². The van der Waals surface area contributed by atoms with E-state index in [2.05, 4.69) is 10.6 Å². The van der Waals surface area contributed by atoms with Crippen molar-refractivity contribution in [2.24, 2.45) is 0 Å². The van der Waals surface area contributed by atoms with Crippen molar-refractivity contribution in [3.05, 3.63) is 24.3 Å². The molecule has 0 saturated heterocycles. The number of carbonyl (C=O) groups is 1. The number of hydrogen-bond acceptors (Lipinski definition) is 2. The molecule has 2 rings (SSSR count). The van der Waals surface area contributed by atoms with Crippen molar-refractivity contribution in [2.75, 3.05) is 11.9 Å². The van der Waals surface area contributed by atoms with Crippen molar-refractivity contribution in [1.82, 2.24) is 5.32 Å². The van der Waals surface area contributed by atoms with E-state index in [0.29, 0.717) is 12.6 Å². The number of rotatable bonds is 4. The van der Waals surface area contributed by atoms with Crippen LogP contribution in [0.4, 0.5) is 10.5 Å². The van der Waals surface area contributed by atoms with Gasteiger partial charge in [-0.2, -0.15) is 0 Å². The SMILES string of the molecule is CCNC(=O)Nc1ccc(OC2CCCCC2)cc1. The van der Waals surface area contributed by atoms with E-state index in [0.717, 1.165) is 24.3 Å². The van der Waals surface area contributed by atoms with Gasteiger partial charge in [0.15, 0.2) is 0 Å². The molecular formula is C15H22N2O2. The first-order valence-electron chi connectivity index (χ1n) is 7.09. The Morgan fingerprint density at radius 1 is 1.21 bits per heavy atom. The van der Waals surface area contributed by atoms with E-state index in [1.807, 2.05) is 31.2 Å². The fraction of sp³-hybridized carbons (Fsp3) is 0.533. The highest BCUT2D eigenvalue weighted by Gasteiger charge is 2.14. The Hall–Kier alpha value is -1.71. The van der Waals surface area contributed by atoms with Crippen molar-refractivity contribution < 1.29 is 9.53 Å². The summed E-state index contributed by atoms with van der Waals surface area (Å²) in [6.07, 6.45) is 6.52. The van der Waals surface area contributed by atoms with E-state index in [-0.39, 0.29) is 6.03 Å². The molecule has 1 aromatic carbocycles. The van der Waals surface area contributed by atoms with Crippen LogP contribution in [-0.2, 0) is 0 Å². The quantitative estimate of drug-likeness (QED) is 0.872. The molecule has 19 heavy (non-hydrogen) atoms. The molecule has 0 unspecified atom stereocenters. The molecule has 1 aliphatic carbocycles. The summed E-state index contributed by atoms with van der Waals surface area (Å²) in [7, 11) is 0. The van der Waals surface area contributed by atoms with Crippen LogP contribution in [0.5, 0.6) is 5.75 Å². The lowest BCUT2D eigenvalue weighted by Gasteiger charge is -2.23. The average molecular weight is 262 g/mol. The molecule has 0 aliphatic heterocycles. The third-order valence-corrected chi connectivity index (χ3v) is 3.30. The highest BCUT2D eigenvalue weighted by molar-refractivity contribution is 5.89. The highest BCUT2D eigenvalue weighted by Crippen LogP contribution is 2.24. The first kappa shape index (κ1) is 13.7. The molecule has 0 heterocycles. The second-order valence-electron chi connectivity index (χ2n) is 4.89. The highest BCUT2D eigenvalue weighted by atomic mass is 16.5. The summed E-state index contributed by atoms with van der Waals surface area (Å²) in [5.74, 6) is 0.883. The number of nitrogens with one attached hydrogen (secondary N) is 2. The molecule has 1 fully saturated rings. The largest absolute Gasteiger partial charge is 0.490 e. The fourth-order valence-electron chi connectivity index (χ4n) is 2.33. The van der Waals surface area contributed by atoms with Gasteiger partial charge in [0, 0.05) is 12.2 Å². The summed E-state index contributed by atoms with van der Waals surface area (Å²) in [4.78, 5) is 11.4. The zero-order valence-electron chi connectivity index (χ0n) is 11.4. The van der Waals surface area contributed by atoms with Crippen LogP contribution in [0.1, 0.15) is 39.0 Å². The molecule has 4 heteroatoms. The van der Waals surface area contributed by atoms with E-state index >= 15 is 0 Å². The topological polar surface area (TPSA) is 50.4 Å². The Labute approximate surface area is 114 Å². The molecule has 1 aromatic rings. The van der Waals surface area contributed by atoms with Gasteiger partial charge in [-0.25, -0.2) is 4.79 Å². The number of carbonyl (C=O) groups excluding carboxylic acids is 1. The standard InChI is InChI=1S/C15H22N2O2/c1-2-16-15(18)17-12-8-10-14(11-9-12)19-13-6-4-3-5-7-13/h8-11,13H,2-7H2,1H3,(H2,16,17,18). The lowest BCUT2D eigenvalue weighted by atomic mass is 9.98. The normalized spacial score (nSPS) is 15.8. The number of benzene rings is 1. The predicted octanol–water partition coefficient (Wildman–Crippen LogP) is 3.54. The first-order chi connectivity index (χ1) is 9.28. The lowest BCUT2D eigenvalue weighted by molar-refractivity contribution is 0.155. The van der Waals surface area contributed by atoms with Crippen molar-refractivity contribution in [1.29, 1.82) is 0 Å². The van der Waals surface area contributed by atoms with Gasteiger partial charge in [0.2, 0.25) is 0 Å². The van der Waals surface area contributed by atoms with Gasteiger partial charge in [0.05, 0.1) is 6.10 Å². The molecule has 2 amide bonds. The zero-order chi connectivity index (χ0) is 13.5. The number of ether oxygens (including phenoxy) is 1. The Kier molecular flexibility index (Phi) is 5.07. The van der Waals surface area contributed by atoms with Crippen molar-refractivity contribution >= 4 is 11.7 Å². The number of urea groups is 1. The van der Waals surface area contributed by atoms with Crippen LogP contribution in [0.3, 0.4) is 0 Å². The molecule has 0 aromatic heterocycles. The van der Waals surface area contributed by atoms with E-state index in [1.165, 1.54) is 19.3 Å². The summed E-state index contributed by atoms with van der Waals surface area (Å²) < 4.78 is 5.93. The van der Waals surface area contributed by atoms with Crippen LogP contribution in [0.25, 0.3) is 0 Å². The monoisotopic (exact) mass is 262 g/mol. The summed E-state index contributed by atoms with van der Waals surface area (Å²) in [6.45, 7) is 2.51. The van der Waals surface area contributed by atoms with Gasteiger partial charge in [-0.3, -0.25) is 0 Å². The molecular weight excluding hydrogens is 240 g/mol. The summed E-state index contributed by atoms with van der Waals surface area (Å²) in [6, 6.07) is 7.39. The Morgan fingerprint density at radius 3 is 2.53 bits per heavy atom. The van der Waals surface area contributed by atoms with Crippen LogP contribution in [-0.4, -0.2) is 18.7 Å². The summed E-state index contributed by atoms with van der Waals surface area (Å²) >= 11 is 0. The van der Waals surface area contributed by atoms with E-state index in [4.69, 9.17) is 4.74 Å². The minimum atomic E-state index is -0.177. The fourth-order valence-corrected chi connectivity index (χ4v) is 2.33. The van der Waals surface area contributed by atoms with Gasteiger partial charge in [-0.15, -0.1) is 0 Å². The first-order valence-corrected chi connectivity index (χ1v) is 7.09. The minimum Gasteiger partial charge on any atom is -0.490 e. The van der Waals surface area contributed by atoms with Gasteiger partial charge in [0.25, 0.3) is 0 Å². The van der Waals surface area contributed by atoms with Gasteiger partial charge in [-0.05, 0) is 56.9 Å². The maximum absolute atomic E-state index is 11.4. The van der Waals surface area contributed by atoms with Crippen molar-refractivity contribution in [3.8, 4) is 5.75 Å². The molecule has 0 atom stereocenters. The second kappa shape index (κ2) is 7.02. The molecule has 1 aliphatic rings. The molecule has 1 saturated carbocycles. The predicted molar refractivity (Wildman–Crippen MR) is 76.6 cm³/mol. The van der Waals surface area contributed by atoms with Gasteiger partial charge in [-0.1, -0.05) is 6.42 Å². The zero-order valence-corrected chi connectivity index (χ0v) is 11.4. The van der Waals surface area contributed by atoms with Crippen LogP contribution in [0, 0.1) is 0 Å². The van der Waals surface area contributed by atoms with Gasteiger partial charge in [0.1, 0.15) is 5.75 Å². The van der Waals surface area contributed by atoms with Gasteiger partial charge < -0.3 is 15.4 Å². The average Bonchev–Trinajstić information content (AvgIpc) is 2.42. The third kappa shape index (κ3) is 4.47. The van der Waals surface area contributed by atoms with Crippen molar-refractivity contribution in [2.45, 2.75) is 45.1 Å². The summed E-state index contributed by atoms with van der Waals surface area (Å²) in [5, 5.41) is 5.46. The molecule has 104 valence electrons. The maximum Gasteiger partial charge on any atom is 0.319 e. The number of amides is 2. The Bertz CT molecular complexity index is 397. The van der Waals surface area contributed by atoms with Crippen LogP contribution in [0.15, 0.2) is 24.3 Å². The second-order valence-corrected chi connectivity index (χ2v) is 4.89. The molecule has 0 bridgehead atoms. The molecule has 4 nitrogen and oxygen atoms in total. The van der Waals surface area contributed by atoms with Crippen molar-refractivity contribution in [3.63, 3.8) is 0 Å². The molecule has 0 radical (unpaired) electrons. The van der Waals surface area contributed by atoms with E-state index in [1.54, 1.807) is 0 Å². The number of hydrogen-bond donors (Lipinski definition) is 2. The Morgan fingerprint density at radius 2 is 1.89 bits per heavy atom. The summed E-state index contributed by atoms with van der Waals surface area (Å²) in [5.41, 5.74) is 0.780. The molecule has 2 N–H and O–H groups in total.